The van der Waals surface area contributed by atoms with Gasteiger partial charge in [-0.05, 0) is 54.3 Å². The first-order valence-electron chi connectivity index (χ1n) is 11.3. The van der Waals surface area contributed by atoms with Gasteiger partial charge in [-0.3, -0.25) is 4.79 Å². The third-order valence-electron chi connectivity index (χ3n) is 6.01. The number of nitrogens with zero attached hydrogens (tertiary/aromatic N) is 2. The molecule has 0 bridgehead atoms. The molecule has 1 fully saturated rings. The molecule has 1 aliphatic heterocycles. The molecular weight excluding hydrogens is 412 g/mol. The van der Waals surface area contributed by atoms with Crippen LogP contribution in [-0.2, 0) is 11.4 Å². The number of hydrogen-bond donors (Lipinski definition) is 0. The molecule has 0 atom stereocenters. The summed E-state index contributed by atoms with van der Waals surface area (Å²) >= 11 is 0. The lowest BCUT2D eigenvalue weighted by Crippen LogP contribution is -2.36. The molecule has 33 heavy (non-hydrogen) atoms. The van der Waals surface area contributed by atoms with Gasteiger partial charge >= 0.3 is 0 Å². The number of likely N-dealkylation sites (tertiary alicyclic amines) is 1. The summed E-state index contributed by atoms with van der Waals surface area (Å²) in [7, 11) is 0. The third kappa shape index (κ3) is 5.14. The molecule has 0 saturated carbocycles. The molecule has 0 aliphatic carbocycles. The van der Waals surface area contributed by atoms with E-state index >= 15 is 0 Å². The molecule has 1 amide bonds. The lowest BCUT2D eigenvalue weighted by molar-refractivity contribution is -0.127. The van der Waals surface area contributed by atoms with Crippen LogP contribution in [0.4, 0.5) is 0 Å². The molecule has 5 nitrogen and oxygen atoms in total. The van der Waals surface area contributed by atoms with E-state index in [1.165, 1.54) is 0 Å². The largest absolute Gasteiger partial charge is 0.489 e. The van der Waals surface area contributed by atoms with Crippen LogP contribution in [0.25, 0.3) is 17.2 Å². The number of benzene rings is 3. The SMILES string of the molecule is O=C(/C=C/c1ccc(OCc2ccccc2)cc1)N1CCC(c2nc3ccccc3o2)CC1. The first-order valence-corrected chi connectivity index (χ1v) is 11.3. The van der Waals surface area contributed by atoms with Crippen LogP contribution in [-0.4, -0.2) is 28.9 Å². The highest BCUT2D eigenvalue weighted by Crippen LogP contribution is 2.30. The minimum atomic E-state index is 0.0374. The summed E-state index contributed by atoms with van der Waals surface area (Å²) in [6.45, 7) is 1.95. The van der Waals surface area contributed by atoms with Crippen LogP contribution in [0.5, 0.6) is 5.75 Å². The quantitative estimate of drug-likeness (QED) is 0.356. The fourth-order valence-corrected chi connectivity index (χ4v) is 4.10. The Hall–Kier alpha value is -3.86. The summed E-state index contributed by atoms with van der Waals surface area (Å²) in [4.78, 5) is 19.2. The van der Waals surface area contributed by atoms with Crippen molar-refractivity contribution in [2.45, 2.75) is 25.4 Å². The number of hydrogen-bond acceptors (Lipinski definition) is 4. The Morgan fingerprint density at radius 3 is 2.45 bits per heavy atom. The van der Waals surface area contributed by atoms with Gasteiger partial charge in [-0.25, -0.2) is 4.98 Å². The third-order valence-corrected chi connectivity index (χ3v) is 6.01. The zero-order valence-corrected chi connectivity index (χ0v) is 18.4. The molecule has 0 spiro atoms. The van der Waals surface area contributed by atoms with Crippen LogP contribution in [0.2, 0.25) is 0 Å². The summed E-state index contributed by atoms with van der Waals surface area (Å²) in [5.74, 6) is 1.89. The van der Waals surface area contributed by atoms with Crippen LogP contribution >= 0.6 is 0 Å². The van der Waals surface area contributed by atoms with E-state index in [0.717, 1.165) is 46.7 Å². The van der Waals surface area contributed by atoms with Gasteiger partial charge in [0.05, 0.1) is 0 Å². The van der Waals surface area contributed by atoms with E-state index in [9.17, 15) is 4.79 Å². The van der Waals surface area contributed by atoms with Gasteiger partial charge in [0.2, 0.25) is 5.91 Å². The minimum Gasteiger partial charge on any atom is -0.489 e. The number of para-hydroxylation sites is 2. The lowest BCUT2D eigenvalue weighted by atomic mass is 9.96. The number of oxazole rings is 1. The second-order valence-corrected chi connectivity index (χ2v) is 8.30. The van der Waals surface area contributed by atoms with Gasteiger partial charge in [-0.1, -0.05) is 54.6 Å². The number of carbonyl (C=O) groups excluding carboxylic acids is 1. The molecular formula is C28H26N2O3. The van der Waals surface area contributed by atoms with Crippen molar-refractivity contribution in [2.24, 2.45) is 0 Å². The van der Waals surface area contributed by atoms with E-state index in [-0.39, 0.29) is 11.8 Å². The van der Waals surface area contributed by atoms with Gasteiger partial charge in [-0.15, -0.1) is 0 Å². The summed E-state index contributed by atoms with van der Waals surface area (Å²) in [5, 5.41) is 0. The number of fused-ring (bicyclic) bond motifs is 1. The predicted molar refractivity (Wildman–Crippen MR) is 129 cm³/mol. The number of amides is 1. The molecule has 5 heteroatoms. The Morgan fingerprint density at radius 2 is 1.70 bits per heavy atom. The molecule has 1 aromatic heterocycles. The van der Waals surface area contributed by atoms with Crippen LogP contribution in [0.1, 0.15) is 35.8 Å². The Labute approximate surface area is 193 Å². The Bertz CT molecular complexity index is 1200. The first kappa shape index (κ1) is 21.0. The summed E-state index contributed by atoms with van der Waals surface area (Å²) in [6.07, 6.45) is 5.23. The molecule has 1 saturated heterocycles. The average Bonchev–Trinajstić information content (AvgIpc) is 3.32. The predicted octanol–water partition coefficient (Wildman–Crippen LogP) is 5.83. The summed E-state index contributed by atoms with van der Waals surface area (Å²) < 4.78 is 11.7. The molecule has 0 radical (unpaired) electrons. The van der Waals surface area contributed by atoms with Crippen molar-refractivity contribution in [1.29, 1.82) is 0 Å². The second-order valence-electron chi connectivity index (χ2n) is 8.30. The van der Waals surface area contributed by atoms with Crippen molar-refractivity contribution >= 4 is 23.1 Å². The van der Waals surface area contributed by atoms with Crippen molar-refractivity contribution in [1.82, 2.24) is 9.88 Å². The Kier molecular flexibility index (Phi) is 6.20. The molecule has 3 aromatic carbocycles. The Morgan fingerprint density at radius 1 is 0.970 bits per heavy atom. The molecule has 5 rings (SSSR count). The van der Waals surface area contributed by atoms with Gasteiger partial charge in [-0.2, -0.15) is 0 Å². The van der Waals surface area contributed by atoms with Gasteiger partial charge in [0.25, 0.3) is 0 Å². The molecule has 0 unspecified atom stereocenters. The van der Waals surface area contributed by atoms with Crippen LogP contribution < -0.4 is 4.74 Å². The maximum atomic E-state index is 12.7. The maximum Gasteiger partial charge on any atom is 0.246 e. The molecule has 2 heterocycles. The van der Waals surface area contributed by atoms with Gasteiger partial charge < -0.3 is 14.1 Å². The van der Waals surface area contributed by atoms with E-state index in [0.29, 0.717) is 19.7 Å². The molecule has 4 aromatic rings. The summed E-state index contributed by atoms with van der Waals surface area (Å²) in [5.41, 5.74) is 3.82. The van der Waals surface area contributed by atoms with E-state index in [2.05, 4.69) is 4.98 Å². The highest BCUT2D eigenvalue weighted by molar-refractivity contribution is 5.91. The van der Waals surface area contributed by atoms with E-state index in [4.69, 9.17) is 9.15 Å². The number of ether oxygens (including phenoxy) is 1. The standard InChI is InChI=1S/C28H26N2O3/c31-27(15-12-21-10-13-24(14-11-21)32-20-22-6-2-1-3-7-22)30-18-16-23(17-19-30)28-29-25-8-4-5-9-26(25)33-28/h1-15,23H,16-20H2/b15-12+. The number of rotatable bonds is 6. The second kappa shape index (κ2) is 9.74. The zero-order chi connectivity index (χ0) is 22.5. The minimum absolute atomic E-state index is 0.0374. The maximum absolute atomic E-state index is 12.7. The highest BCUT2D eigenvalue weighted by atomic mass is 16.5. The normalized spacial score (nSPS) is 14.7. The van der Waals surface area contributed by atoms with Crippen molar-refractivity contribution in [2.75, 3.05) is 13.1 Å². The van der Waals surface area contributed by atoms with Crippen molar-refractivity contribution < 1.29 is 13.9 Å². The smallest absolute Gasteiger partial charge is 0.246 e. The fraction of sp³-hybridized carbons (Fsp3) is 0.214. The van der Waals surface area contributed by atoms with Crippen LogP contribution in [0, 0.1) is 0 Å². The number of aromatic nitrogens is 1. The van der Waals surface area contributed by atoms with Gasteiger partial charge in [0.15, 0.2) is 11.5 Å². The van der Waals surface area contributed by atoms with E-state index < -0.39 is 0 Å². The highest BCUT2D eigenvalue weighted by Gasteiger charge is 2.26. The average molecular weight is 439 g/mol. The van der Waals surface area contributed by atoms with Crippen molar-refractivity contribution in [3.63, 3.8) is 0 Å². The lowest BCUT2D eigenvalue weighted by Gasteiger charge is -2.29. The fourth-order valence-electron chi connectivity index (χ4n) is 4.10. The topological polar surface area (TPSA) is 55.6 Å². The monoisotopic (exact) mass is 438 g/mol. The first-order chi connectivity index (χ1) is 16.2. The van der Waals surface area contributed by atoms with Gasteiger partial charge in [0.1, 0.15) is 17.9 Å². The van der Waals surface area contributed by atoms with Crippen molar-refractivity contribution in [3.05, 3.63) is 102 Å². The van der Waals surface area contributed by atoms with Crippen LogP contribution in [0.15, 0.2) is 89.4 Å². The molecule has 166 valence electrons. The van der Waals surface area contributed by atoms with Gasteiger partial charge in [0, 0.05) is 25.1 Å². The van der Waals surface area contributed by atoms with E-state index in [1.54, 1.807) is 6.08 Å². The zero-order valence-electron chi connectivity index (χ0n) is 18.4. The summed E-state index contributed by atoms with van der Waals surface area (Å²) in [6, 6.07) is 25.7. The molecule has 1 aliphatic rings. The number of carbonyl (C=O) groups is 1. The van der Waals surface area contributed by atoms with E-state index in [1.807, 2.05) is 89.8 Å². The molecule has 0 N–H and O–H groups in total. The van der Waals surface area contributed by atoms with Crippen molar-refractivity contribution in [3.8, 4) is 5.75 Å². The van der Waals surface area contributed by atoms with Crippen LogP contribution in [0.3, 0.4) is 0 Å². The number of piperidine rings is 1. The Balaban J connectivity index is 1.12.